The molecule has 0 aliphatic heterocycles. The van der Waals surface area contributed by atoms with Crippen molar-refractivity contribution < 1.29 is 9.84 Å². The highest BCUT2D eigenvalue weighted by Gasteiger charge is 2.10. The number of nitrogens with zero attached hydrogens (tertiary/aromatic N) is 2. The number of rotatable bonds is 6. The number of aromatic nitrogens is 2. The molecule has 2 rings (SSSR count). The largest absolute Gasteiger partial charge is 0.390 e. The van der Waals surface area contributed by atoms with Crippen molar-refractivity contribution in [2.75, 3.05) is 12.4 Å². The number of aryl methyl sites for hydroxylation is 1. The molecule has 0 spiro atoms. The zero-order valence-corrected chi connectivity index (χ0v) is 12.9. The standard InChI is InChI=1S/C15H20N2O2S/c1-10(2)19-8-12(18)9-20-15-11(3)16-13-6-4-5-7-14(13)17-15/h4-7,10,12,18H,8-9H2,1-3H3. The second-order valence-electron chi connectivity index (χ2n) is 4.95. The maximum atomic E-state index is 9.87. The van der Waals surface area contributed by atoms with E-state index in [1.807, 2.05) is 45.0 Å². The zero-order valence-electron chi connectivity index (χ0n) is 12.0. The summed E-state index contributed by atoms with van der Waals surface area (Å²) in [7, 11) is 0. The lowest BCUT2D eigenvalue weighted by Gasteiger charge is -2.13. The number of hydrogen-bond acceptors (Lipinski definition) is 5. The third-order valence-electron chi connectivity index (χ3n) is 2.74. The molecule has 0 amide bonds. The normalized spacial score (nSPS) is 13.1. The van der Waals surface area contributed by atoms with E-state index in [4.69, 9.17) is 4.74 Å². The van der Waals surface area contributed by atoms with Gasteiger partial charge in [-0.2, -0.15) is 0 Å². The molecule has 0 fully saturated rings. The molecule has 4 nitrogen and oxygen atoms in total. The van der Waals surface area contributed by atoms with Crippen molar-refractivity contribution in [3.05, 3.63) is 30.0 Å². The molecule has 2 aromatic rings. The summed E-state index contributed by atoms with van der Waals surface area (Å²) in [6.45, 7) is 6.21. The monoisotopic (exact) mass is 292 g/mol. The van der Waals surface area contributed by atoms with Gasteiger partial charge in [-0.3, -0.25) is 0 Å². The van der Waals surface area contributed by atoms with Gasteiger partial charge < -0.3 is 9.84 Å². The van der Waals surface area contributed by atoms with Gasteiger partial charge in [-0.25, -0.2) is 9.97 Å². The van der Waals surface area contributed by atoms with Crippen molar-refractivity contribution in [1.82, 2.24) is 9.97 Å². The molecule has 0 saturated heterocycles. The lowest BCUT2D eigenvalue weighted by atomic mass is 10.3. The average Bonchev–Trinajstić information content (AvgIpc) is 2.42. The van der Waals surface area contributed by atoms with Crippen LogP contribution in [0.15, 0.2) is 29.3 Å². The molecule has 20 heavy (non-hydrogen) atoms. The molecular weight excluding hydrogens is 272 g/mol. The third kappa shape index (κ3) is 4.16. The number of thioether (sulfide) groups is 1. The Morgan fingerprint density at radius 3 is 2.50 bits per heavy atom. The molecule has 0 radical (unpaired) electrons. The molecular formula is C15H20N2O2S. The van der Waals surface area contributed by atoms with Crippen LogP contribution in [-0.2, 0) is 4.74 Å². The first-order valence-electron chi connectivity index (χ1n) is 6.72. The van der Waals surface area contributed by atoms with E-state index in [0.29, 0.717) is 12.4 Å². The van der Waals surface area contributed by atoms with Crippen LogP contribution in [0.5, 0.6) is 0 Å². The average molecular weight is 292 g/mol. The van der Waals surface area contributed by atoms with Crippen LogP contribution in [0.1, 0.15) is 19.5 Å². The van der Waals surface area contributed by atoms with Gasteiger partial charge in [0.05, 0.1) is 35.5 Å². The topological polar surface area (TPSA) is 55.2 Å². The SMILES string of the molecule is Cc1nc2ccccc2nc1SCC(O)COC(C)C. The van der Waals surface area contributed by atoms with Crippen LogP contribution in [0.25, 0.3) is 11.0 Å². The van der Waals surface area contributed by atoms with Gasteiger partial charge in [-0.05, 0) is 32.9 Å². The van der Waals surface area contributed by atoms with Gasteiger partial charge in [-0.1, -0.05) is 12.1 Å². The van der Waals surface area contributed by atoms with E-state index in [0.717, 1.165) is 21.8 Å². The molecule has 0 saturated carbocycles. The minimum atomic E-state index is -0.491. The van der Waals surface area contributed by atoms with Crippen LogP contribution in [0, 0.1) is 6.92 Å². The van der Waals surface area contributed by atoms with Crippen LogP contribution >= 0.6 is 11.8 Å². The summed E-state index contributed by atoms with van der Waals surface area (Å²) in [4.78, 5) is 9.12. The van der Waals surface area contributed by atoms with Gasteiger partial charge in [0.15, 0.2) is 0 Å². The van der Waals surface area contributed by atoms with Crippen LogP contribution in [0.4, 0.5) is 0 Å². The summed E-state index contributed by atoms with van der Waals surface area (Å²) < 4.78 is 5.39. The van der Waals surface area contributed by atoms with Crippen LogP contribution < -0.4 is 0 Å². The fourth-order valence-electron chi connectivity index (χ4n) is 1.74. The fraction of sp³-hybridized carbons (Fsp3) is 0.467. The molecule has 1 aromatic carbocycles. The van der Waals surface area contributed by atoms with E-state index < -0.39 is 6.10 Å². The first-order chi connectivity index (χ1) is 9.56. The summed E-state index contributed by atoms with van der Waals surface area (Å²) in [5, 5.41) is 10.7. The molecule has 0 aliphatic carbocycles. The maximum absolute atomic E-state index is 9.87. The van der Waals surface area contributed by atoms with Crippen molar-refractivity contribution in [3.63, 3.8) is 0 Å². The summed E-state index contributed by atoms with van der Waals surface area (Å²) in [6, 6.07) is 7.81. The molecule has 1 N–H and O–H groups in total. The van der Waals surface area contributed by atoms with Crippen molar-refractivity contribution in [3.8, 4) is 0 Å². The van der Waals surface area contributed by atoms with E-state index in [2.05, 4.69) is 9.97 Å². The highest BCUT2D eigenvalue weighted by atomic mass is 32.2. The minimum Gasteiger partial charge on any atom is -0.390 e. The Morgan fingerprint density at radius 2 is 1.85 bits per heavy atom. The Hall–Kier alpha value is -1.17. The van der Waals surface area contributed by atoms with Crippen molar-refractivity contribution in [2.24, 2.45) is 0 Å². The number of ether oxygens (including phenoxy) is 1. The van der Waals surface area contributed by atoms with Gasteiger partial charge in [0.1, 0.15) is 5.03 Å². The van der Waals surface area contributed by atoms with Crippen LogP contribution in [0.3, 0.4) is 0 Å². The number of fused-ring (bicyclic) bond motifs is 1. The molecule has 1 aromatic heterocycles. The number of aliphatic hydroxyl groups is 1. The minimum absolute atomic E-state index is 0.136. The molecule has 1 atom stereocenters. The number of aliphatic hydroxyl groups excluding tert-OH is 1. The van der Waals surface area contributed by atoms with Crippen LogP contribution in [-0.4, -0.2) is 39.6 Å². The Kier molecular flexibility index (Phi) is 5.34. The molecule has 0 bridgehead atoms. The van der Waals surface area contributed by atoms with Crippen LogP contribution in [0.2, 0.25) is 0 Å². The highest BCUT2D eigenvalue weighted by Crippen LogP contribution is 2.22. The van der Waals surface area contributed by atoms with Gasteiger partial charge in [-0.15, -0.1) is 11.8 Å². The van der Waals surface area contributed by atoms with Gasteiger partial charge >= 0.3 is 0 Å². The van der Waals surface area contributed by atoms with E-state index >= 15 is 0 Å². The second-order valence-corrected chi connectivity index (χ2v) is 5.96. The quantitative estimate of drug-likeness (QED) is 0.830. The summed E-state index contributed by atoms with van der Waals surface area (Å²) >= 11 is 1.52. The number of para-hydroxylation sites is 2. The van der Waals surface area contributed by atoms with Crippen molar-refractivity contribution in [1.29, 1.82) is 0 Å². The van der Waals surface area contributed by atoms with Gasteiger partial charge in [0.25, 0.3) is 0 Å². The second kappa shape index (κ2) is 7.02. The predicted molar refractivity (Wildman–Crippen MR) is 82.1 cm³/mol. The maximum Gasteiger partial charge on any atom is 0.118 e. The predicted octanol–water partition coefficient (Wildman–Crippen LogP) is 2.82. The molecule has 1 heterocycles. The fourth-order valence-corrected chi connectivity index (χ4v) is 2.60. The van der Waals surface area contributed by atoms with Gasteiger partial charge in [0, 0.05) is 5.75 Å². The van der Waals surface area contributed by atoms with Crippen molar-refractivity contribution >= 4 is 22.8 Å². The van der Waals surface area contributed by atoms with Crippen molar-refractivity contribution in [2.45, 2.75) is 38.0 Å². The Labute approximate surface area is 123 Å². The summed E-state index contributed by atoms with van der Waals surface area (Å²) in [5.74, 6) is 0.556. The summed E-state index contributed by atoms with van der Waals surface area (Å²) in [6.07, 6.45) is -0.355. The molecule has 1 unspecified atom stereocenters. The Morgan fingerprint density at radius 1 is 1.20 bits per heavy atom. The van der Waals surface area contributed by atoms with E-state index in [-0.39, 0.29) is 6.10 Å². The zero-order chi connectivity index (χ0) is 14.5. The van der Waals surface area contributed by atoms with E-state index in [1.165, 1.54) is 11.8 Å². The Balaban J connectivity index is 2.00. The molecule has 108 valence electrons. The smallest absolute Gasteiger partial charge is 0.118 e. The first-order valence-corrected chi connectivity index (χ1v) is 7.70. The number of benzene rings is 1. The summed E-state index contributed by atoms with van der Waals surface area (Å²) in [5.41, 5.74) is 2.68. The van der Waals surface area contributed by atoms with E-state index in [1.54, 1.807) is 0 Å². The van der Waals surface area contributed by atoms with E-state index in [9.17, 15) is 5.11 Å². The number of hydrogen-bond donors (Lipinski definition) is 1. The molecule has 0 aliphatic rings. The van der Waals surface area contributed by atoms with Gasteiger partial charge in [0.2, 0.25) is 0 Å². The first kappa shape index (κ1) is 15.2. The lowest BCUT2D eigenvalue weighted by Crippen LogP contribution is -2.20. The molecule has 5 heteroatoms. The highest BCUT2D eigenvalue weighted by molar-refractivity contribution is 7.99. The lowest BCUT2D eigenvalue weighted by molar-refractivity contribution is 0.0152. The third-order valence-corrected chi connectivity index (χ3v) is 3.95. The Bertz CT molecular complexity index is 575.